The van der Waals surface area contributed by atoms with Crippen molar-refractivity contribution in [3.8, 4) is 0 Å². The number of carbonyl (C=O) groups is 1. The third kappa shape index (κ3) is 3.38. The van der Waals surface area contributed by atoms with E-state index in [-0.39, 0.29) is 17.4 Å². The van der Waals surface area contributed by atoms with E-state index >= 15 is 0 Å². The predicted octanol–water partition coefficient (Wildman–Crippen LogP) is 2.11. The zero-order chi connectivity index (χ0) is 14.0. The zero-order valence-corrected chi connectivity index (χ0v) is 12.1. The number of nitrogens with two attached hydrogens (primary N) is 1. The second kappa shape index (κ2) is 5.37. The van der Waals surface area contributed by atoms with Gasteiger partial charge in [0, 0.05) is 32.0 Å². The Morgan fingerprint density at radius 1 is 1.53 bits per heavy atom. The van der Waals surface area contributed by atoms with Crippen molar-refractivity contribution in [1.82, 2.24) is 4.90 Å². The maximum absolute atomic E-state index is 12.2. The Bertz CT molecular complexity index is 451. The van der Waals surface area contributed by atoms with Crippen LogP contribution in [0.25, 0.3) is 0 Å². The first-order valence-corrected chi connectivity index (χ1v) is 6.97. The summed E-state index contributed by atoms with van der Waals surface area (Å²) in [6, 6.07) is 3.93. The smallest absolute Gasteiger partial charge is 0.223 e. The minimum absolute atomic E-state index is 0.0658. The van der Waals surface area contributed by atoms with Gasteiger partial charge in [-0.1, -0.05) is 13.8 Å². The first-order valence-electron chi connectivity index (χ1n) is 6.97. The molecule has 0 aliphatic carbocycles. The highest BCUT2D eigenvalue weighted by Gasteiger charge is 2.34. The van der Waals surface area contributed by atoms with Crippen molar-refractivity contribution in [1.29, 1.82) is 0 Å². The number of furan rings is 1. The van der Waals surface area contributed by atoms with Crippen LogP contribution in [0.2, 0.25) is 0 Å². The van der Waals surface area contributed by atoms with E-state index in [0.29, 0.717) is 19.4 Å². The van der Waals surface area contributed by atoms with Gasteiger partial charge in [0.15, 0.2) is 0 Å². The quantitative estimate of drug-likeness (QED) is 0.909. The highest BCUT2D eigenvalue weighted by molar-refractivity contribution is 5.76. The van der Waals surface area contributed by atoms with Crippen molar-refractivity contribution >= 4 is 5.91 Å². The van der Waals surface area contributed by atoms with Crippen LogP contribution in [0.1, 0.15) is 38.2 Å². The molecule has 2 rings (SSSR count). The number of amides is 1. The van der Waals surface area contributed by atoms with Gasteiger partial charge >= 0.3 is 0 Å². The molecule has 4 heteroatoms. The summed E-state index contributed by atoms with van der Waals surface area (Å²) in [6.07, 6.45) is 2.14. The number of hydrogen-bond acceptors (Lipinski definition) is 3. The normalized spacial score (nSPS) is 22.5. The molecule has 1 unspecified atom stereocenters. The van der Waals surface area contributed by atoms with E-state index in [4.69, 9.17) is 10.2 Å². The first kappa shape index (κ1) is 14.1. The van der Waals surface area contributed by atoms with Gasteiger partial charge in [0.2, 0.25) is 5.91 Å². The SMILES string of the molecule is Cc1ccc(CCC(=O)N2CCC(C)(C)C(N)C2)o1. The van der Waals surface area contributed by atoms with Crippen LogP contribution in [-0.2, 0) is 11.2 Å². The van der Waals surface area contributed by atoms with Gasteiger partial charge in [-0.05, 0) is 30.9 Å². The Hall–Kier alpha value is -1.29. The minimum atomic E-state index is 0.0658. The molecule has 1 aliphatic heterocycles. The lowest BCUT2D eigenvalue weighted by atomic mass is 9.78. The fraction of sp³-hybridized carbons (Fsp3) is 0.667. The van der Waals surface area contributed by atoms with Gasteiger partial charge in [-0.15, -0.1) is 0 Å². The molecule has 0 bridgehead atoms. The van der Waals surface area contributed by atoms with Crippen molar-refractivity contribution in [2.45, 2.75) is 46.1 Å². The van der Waals surface area contributed by atoms with Gasteiger partial charge in [-0.3, -0.25) is 4.79 Å². The number of aryl methyl sites for hydroxylation is 2. The van der Waals surface area contributed by atoms with Crippen molar-refractivity contribution in [2.24, 2.45) is 11.1 Å². The highest BCUT2D eigenvalue weighted by atomic mass is 16.3. The molecule has 1 saturated heterocycles. The van der Waals surface area contributed by atoms with E-state index in [1.165, 1.54) is 0 Å². The third-order valence-electron chi connectivity index (χ3n) is 4.18. The summed E-state index contributed by atoms with van der Waals surface area (Å²) in [4.78, 5) is 14.1. The number of likely N-dealkylation sites (tertiary alicyclic amines) is 1. The number of carbonyl (C=O) groups excluding carboxylic acids is 1. The van der Waals surface area contributed by atoms with Crippen molar-refractivity contribution in [3.05, 3.63) is 23.7 Å². The van der Waals surface area contributed by atoms with E-state index in [1.807, 2.05) is 24.0 Å². The van der Waals surface area contributed by atoms with Crippen LogP contribution in [-0.4, -0.2) is 29.9 Å². The lowest BCUT2D eigenvalue weighted by Crippen LogP contribution is -2.54. The molecule has 0 aromatic carbocycles. The Kier molecular flexibility index (Phi) is 3.99. The zero-order valence-electron chi connectivity index (χ0n) is 12.1. The molecule has 1 amide bonds. The molecule has 0 radical (unpaired) electrons. The van der Waals surface area contributed by atoms with Crippen LogP contribution >= 0.6 is 0 Å². The largest absolute Gasteiger partial charge is 0.466 e. The molecule has 1 aromatic heterocycles. The molecule has 0 spiro atoms. The monoisotopic (exact) mass is 264 g/mol. The molecule has 1 aromatic rings. The molecule has 2 N–H and O–H groups in total. The predicted molar refractivity (Wildman–Crippen MR) is 74.7 cm³/mol. The molecule has 2 heterocycles. The van der Waals surface area contributed by atoms with Gasteiger partial charge in [0.05, 0.1) is 0 Å². The van der Waals surface area contributed by atoms with Crippen LogP contribution in [0.4, 0.5) is 0 Å². The van der Waals surface area contributed by atoms with Crippen LogP contribution in [0.15, 0.2) is 16.5 Å². The maximum Gasteiger partial charge on any atom is 0.223 e. The number of rotatable bonds is 3. The van der Waals surface area contributed by atoms with Crippen LogP contribution < -0.4 is 5.73 Å². The molecule has 4 nitrogen and oxygen atoms in total. The molecule has 1 atom stereocenters. The summed E-state index contributed by atoms with van der Waals surface area (Å²) in [7, 11) is 0. The standard InChI is InChI=1S/C15H24N2O2/c1-11-4-5-12(19-11)6-7-14(18)17-9-8-15(2,3)13(16)10-17/h4-5,13H,6-10,16H2,1-3H3. The molecule has 1 aliphatic rings. The van der Waals surface area contributed by atoms with E-state index in [1.54, 1.807) is 0 Å². The number of piperidine rings is 1. The average molecular weight is 264 g/mol. The molecular formula is C15H24N2O2. The van der Waals surface area contributed by atoms with E-state index < -0.39 is 0 Å². The second-order valence-corrected chi connectivity index (χ2v) is 6.20. The fourth-order valence-electron chi connectivity index (χ4n) is 2.42. The summed E-state index contributed by atoms with van der Waals surface area (Å²) >= 11 is 0. The Balaban J connectivity index is 1.84. The van der Waals surface area contributed by atoms with Gasteiger partial charge < -0.3 is 15.1 Å². The van der Waals surface area contributed by atoms with Crippen LogP contribution in [0.3, 0.4) is 0 Å². The maximum atomic E-state index is 12.2. The molecule has 0 saturated carbocycles. The lowest BCUT2D eigenvalue weighted by Gasteiger charge is -2.42. The van der Waals surface area contributed by atoms with E-state index in [2.05, 4.69) is 13.8 Å². The number of hydrogen-bond donors (Lipinski definition) is 1. The first-order chi connectivity index (χ1) is 8.88. The summed E-state index contributed by atoms with van der Waals surface area (Å²) < 4.78 is 5.48. The van der Waals surface area contributed by atoms with Gasteiger partial charge in [0.25, 0.3) is 0 Å². The van der Waals surface area contributed by atoms with Crippen LogP contribution in [0.5, 0.6) is 0 Å². The van der Waals surface area contributed by atoms with Crippen molar-refractivity contribution < 1.29 is 9.21 Å². The topological polar surface area (TPSA) is 59.5 Å². The lowest BCUT2D eigenvalue weighted by molar-refractivity contribution is -0.133. The highest BCUT2D eigenvalue weighted by Crippen LogP contribution is 2.29. The van der Waals surface area contributed by atoms with Crippen LogP contribution in [0, 0.1) is 12.3 Å². The molecule has 106 valence electrons. The fourth-order valence-corrected chi connectivity index (χ4v) is 2.42. The summed E-state index contributed by atoms with van der Waals surface area (Å²) in [5.41, 5.74) is 6.27. The van der Waals surface area contributed by atoms with Crippen molar-refractivity contribution in [3.63, 3.8) is 0 Å². The van der Waals surface area contributed by atoms with Crippen molar-refractivity contribution in [2.75, 3.05) is 13.1 Å². The minimum Gasteiger partial charge on any atom is -0.466 e. The van der Waals surface area contributed by atoms with E-state index in [0.717, 1.165) is 24.5 Å². The van der Waals surface area contributed by atoms with Gasteiger partial charge in [-0.2, -0.15) is 0 Å². The summed E-state index contributed by atoms with van der Waals surface area (Å²) in [6.45, 7) is 7.74. The Morgan fingerprint density at radius 2 is 2.26 bits per heavy atom. The Morgan fingerprint density at radius 3 is 2.84 bits per heavy atom. The summed E-state index contributed by atoms with van der Waals surface area (Å²) in [5.74, 6) is 1.96. The van der Waals surface area contributed by atoms with Gasteiger partial charge in [0.1, 0.15) is 11.5 Å². The summed E-state index contributed by atoms with van der Waals surface area (Å²) in [5, 5.41) is 0. The third-order valence-corrected chi connectivity index (χ3v) is 4.18. The molecule has 1 fully saturated rings. The number of nitrogens with zero attached hydrogens (tertiary/aromatic N) is 1. The molecular weight excluding hydrogens is 240 g/mol. The van der Waals surface area contributed by atoms with Gasteiger partial charge in [-0.25, -0.2) is 0 Å². The Labute approximate surface area is 114 Å². The average Bonchev–Trinajstić information content (AvgIpc) is 2.76. The second-order valence-electron chi connectivity index (χ2n) is 6.20. The van der Waals surface area contributed by atoms with E-state index in [9.17, 15) is 4.79 Å². The molecule has 19 heavy (non-hydrogen) atoms.